The van der Waals surface area contributed by atoms with Crippen molar-refractivity contribution in [3.63, 3.8) is 0 Å². The van der Waals surface area contributed by atoms with Crippen LogP contribution in [0.25, 0.3) is 11.0 Å². The van der Waals surface area contributed by atoms with Crippen molar-refractivity contribution in [2.45, 2.75) is 13.0 Å². The Morgan fingerprint density at radius 1 is 1.37 bits per heavy atom. The van der Waals surface area contributed by atoms with Crippen LogP contribution in [0.15, 0.2) is 46.0 Å². The fourth-order valence-electron chi connectivity index (χ4n) is 2.35. The third-order valence-corrected chi connectivity index (χ3v) is 4.08. The minimum Gasteiger partial charge on any atom is -0.867 e. The van der Waals surface area contributed by atoms with Gasteiger partial charge in [-0.2, -0.15) is 5.10 Å². The van der Waals surface area contributed by atoms with Crippen LogP contribution in [0, 0.1) is 10.1 Å². The van der Waals surface area contributed by atoms with Crippen LogP contribution < -0.4 is 10.5 Å². The van der Waals surface area contributed by atoms with Gasteiger partial charge in [0.15, 0.2) is 0 Å². The van der Waals surface area contributed by atoms with Crippen LogP contribution in [0.3, 0.4) is 0 Å². The summed E-state index contributed by atoms with van der Waals surface area (Å²) in [4.78, 5) is 22.0. The molecular formula is C16H12BrN6O4-. The summed E-state index contributed by atoms with van der Waals surface area (Å²) < 4.78 is 1.96. The van der Waals surface area contributed by atoms with Crippen molar-refractivity contribution in [3.05, 3.63) is 56.5 Å². The number of halogens is 1. The molecule has 3 aromatic rings. The summed E-state index contributed by atoms with van der Waals surface area (Å²) in [6, 6.07) is 9.86. The molecule has 0 spiro atoms. The molecule has 1 amide bonds. The highest BCUT2D eigenvalue weighted by Gasteiger charge is 2.11. The molecule has 1 heterocycles. The number of nitrogens with one attached hydrogen (secondary N) is 1. The van der Waals surface area contributed by atoms with Crippen LogP contribution in [0.2, 0.25) is 0 Å². The average Bonchev–Trinajstić information content (AvgIpc) is 3.05. The molecule has 3 rings (SSSR count). The summed E-state index contributed by atoms with van der Waals surface area (Å²) in [6.07, 6.45) is 1.16. The number of para-hydroxylation sites is 1. The highest BCUT2D eigenvalue weighted by molar-refractivity contribution is 9.10. The number of hydrazone groups is 1. The minimum atomic E-state index is -0.782. The molecule has 0 aliphatic carbocycles. The molecule has 1 aromatic heterocycles. The Balaban J connectivity index is 1.62. The Kier molecular flexibility index (Phi) is 5.41. The molecule has 0 saturated heterocycles. The zero-order valence-corrected chi connectivity index (χ0v) is 15.3. The monoisotopic (exact) mass is 431 g/mol. The van der Waals surface area contributed by atoms with Gasteiger partial charge in [-0.3, -0.25) is 14.9 Å². The van der Waals surface area contributed by atoms with E-state index in [0.717, 1.165) is 23.3 Å². The molecule has 0 bridgehead atoms. The lowest BCUT2D eigenvalue weighted by atomic mass is 10.2. The number of rotatable bonds is 6. The minimum absolute atomic E-state index is 0.0151. The van der Waals surface area contributed by atoms with E-state index >= 15 is 0 Å². The number of nitro benzene ring substituents is 1. The van der Waals surface area contributed by atoms with Gasteiger partial charge in [-0.15, -0.1) is 5.10 Å². The summed E-state index contributed by atoms with van der Waals surface area (Å²) in [5, 5.41) is 34.5. The van der Waals surface area contributed by atoms with Crippen molar-refractivity contribution in [2.24, 2.45) is 5.10 Å². The molecule has 27 heavy (non-hydrogen) atoms. The molecule has 10 nitrogen and oxygen atoms in total. The smallest absolute Gasteiger partial charge is 0.263 e. The fraction of sp³-hybridized carbons (Fsp3) is 0.125. The third kappa shape index (κ3) is 4.26. The van der Waals surface area contributed by atoms with E-state index < -0.39 is 22.3 Å². The molecule has 0 aliphatic heterocycles. The summed E-state index contributed by atoms with van der Waals surface area (Å²) in [6.45, 7) is 0.303. The van der Waals surface area contributed by atoms with E-state index in [-0.39, 0.29) is 12.0 Å². The van der Waals surface area contributed by atoms with Crippen LogP contribution in [0.4, 0.5) is 5.69 Å². The number of aryl methyl sites for hydroxylation is 1. The number of amides is 1. The Morgan fingerprint density at radius 2 is 2.15 bits per heavy atom. The van der Waals surface area contributed by atoms with Gasteiger partial charge in [-0.25, -0.2) is 10.1 Å². The van der Waals surface area contributed by atoms with Gasteiger partial charge in [-0.1, -0.05) is 33.3 Å². The van der Waals surface area contributed by atoms with Crippen molar-refractivity contribution in [2.75, 3.05) is 0 Å². The molecule has 0 saturated carbocycles. The summed E-state index contributed by atoms with van der Waals surface area (Å²) >= 11 is 3.09. The molecule has 2 aromatic carbocycles. The number of nitro groups is 1. The van der Waals surface area contributed by atoms with E-state index in [9.17, 15) is 20.0 Å². The number of benzene rings is 2. The number of fused-ring (bicyclic) bond motifs is 1. The summed E-state index contributed by atoms with van der Waals surface area (Å²) in [7, 11) is 0. The number of hydrogen-bond donors (Lipinski definition) is 1. The second-order valence-corrected chi connectivity index (χ2v) is 6.36. The zero-order chi connectivity index (χ0) is 19.4. The van der Waals surface area contributed by atoms with E-state index in [4.69, 9.17) is 0 Å². The maximum Gasteiger partial charge on any atom is 0.263 e. The Hall–Kier alpha value is -3.34. The number of hydrogen-bond acceptors (Lipinski definition) is 7. The lowest BCUT2D eigenvalue weighted by Crippen LogP contribution is -2.19. The molecule has 0 fully saturated rings. The van der Waals surface area contributed by atoms with Crippen molar-refractivity contribution >= 4 is 44.8 Å². The highest BCUT2D eigenvalue weighted by Crippen LogP contribution is 2.30. The van der Waals surface area contributed by atoms with Crippen LogP contribution in [0.1, 0.15) is 12.0 Å². The topological polar surface area (TPSA) is 138 Å². The zero-order valence-electron chi connectivity index (χ0n) is 13.7. The fourth-order valence-corrected chi connectivity index (χ4v) is 2.81. The second-order valence-electron chi connectivity index (χ2n) is 5.44. The maximum atomic E-state index is 12.0. The molecule has 0 atom stereocenters. The van der Waals surface area contributed by atoms with Crippen molar-refractivity contribution in [1.29, 1.82) is 0 Å². The predicted molar refractivity (Wildman–Crippen MR) is 98.1 cm³/mol. The first-order chi connectivity index (χ1) is 13.0. The SMILES string of the molecule is O=C(CCn1nnc2ccccc21)N/N=C\c1cc(Br)cc([N+](=O)[O-])c1[O-]. The number of aromatic nitrogens is 3. The Morgan fingerprint density at radius 3 is 2.93 bits per heavy atom. The van der Waals surface area contributed by atoms with Gasteiger partial charge < -0.3 is 5.11 Å². The quantitative estimate of drug-likeness (QED) is 0.358. The average molecular weight is 432 g/mol. The number of nitrogens with zero attached hydrogens (tertiary/aromatic N) is 5. The van der Waals surface area contributed by atoms with Gasteiger partial charge in [0.2, 0.25) is 5.91 Å². The van der Waals surface area contributed by atoms with Crippen molar-refractivity contribution in [3.8, 4) is 5.75 Å². The first-order valence-electron chi connectivity index (χ1n) is 7.71. The molecule has 11 heteroatoms. The molecule has 138 valence electrons. The Labute approximate surface area is 160 Å². The number of carbonyl (C=O) groups is 1. The van der Waals surface area contributed by atoms with Gasteiger partial charge in [0, 0.05) is 17.0 Å². The highest BCUT2D eigenvalue weighted by atomic mass is 79.9. The van der Waals surface area contributed by atoms with E-state index in [1.807, 2.05) is 24.3 Å². The first kappa shape index (κ1) is 18.5. The van der Waals surface area contributed by atoms with E-state index in [2.05, 4.69) is 36.8 Å². The van der Waals surface area contributed by atoms with Gasteiger partial charge in [0.25, 0.3) is 5.69 Å². The predicted octanol–water partition coefficient (Wildman–Crippen LogP) is 1.72. The van der Waals surface area contributed by atoms with E-state index in [1.54, 1.807) is 4.68 Å². The van der Waals surface area contributed by atoms with Crippen LogP contribution >= 0.6 is 15.9 Å². The van der Waals surface area contributed by atoms with Crippen molar-refractivity contribution < 1.29 is 14.8 Å². The number of carbonyl (C=O) groups excluding carboxylic acids is 1. The largest absolute Gasteiger partial charge is 0.867 e. The molecule has 0 unspecified atom stereocenters. The maximum absolute atomic E-state index is 12.0. The van der Waals surface area contributed by atoms with Crippen molar-refractivity contribution in [1.82, 2.24) is 20.4 Å². The molecular weight excluding hydrogens is 420 g/mol. The van der Waals surface area contributed by atoms with E-state index in [0.29, 0.717) is 11.0 Å². The van der Waals surface area contributed by atoms with Gasteiger partial charge in [0.1, 0.15) is 5.52 Å². The summed E-state index contributed by atoms with van der Waals surface area (Å²) in [5.74, 6) is -1.18. The van der Waals surface area contributed by atoms with Crippen LogP contribution in [-0.2, 0) is 11.3 Å². The van der Waals surface area contributed by atoms with Gasteiger partial charge in [-0.05, 0) is 29.5 Å². The van der Waals surface area contributed by atoms with Gasteiger partial charge >= 0.3 is 0 Å². The first-order valence-corrected chi connectivity index (χ1v) is 8.50. The molecule has 1 N–H and O–H groups in total. The lowest BCUT2D eigenvalue weighted by molar-refractivity contribution is -0.398. The molecule has 0 radical (unpaired) electrons. The van der Waals surface area contributed by atoms with Gasteiger partial charge in [0.05, 0.1) is 23.2 Å². The summed E-state index contributed by atoms with van der Waals surface area (Å²) in [5.41, 5.74) is 3.24. The standard InChI is InChI=1S/C16H13BrN6O4/c17-11-7-10(16(25)14(8-11)23(26)27)9-18-20-15(24)5-6-22-13-4-2-1-3-12(13)19-21-22/h1-4,7-9,25H,5-6H2,(H,20,24)/p-1/b18-9-. The van der Waals surface area contributed by atoms with Crippen LogP contribution in [0.5, 0.6) is 5.75 Å². The second kappa shape index (κ2) is 7.91. The van der Waals surface area contributed by atoms with E-state index in [1.165, 1.54) is 6.07 Å². The van der Waals surface area contributed by atoms with Crippen LogP contribution in [-0.4, -0.2) is 32.0 Å². The lowest BCUT2D eigenvalue weighted by Gasteiger charge is -2.10. The Bertz CT molecular complexity index is 1050. The normalized spacial score (nSPS) is 11.1. The third-order valence-electron chi connectivity index (χ3n) is 3.62. The molecule has 0 aliphatic rings.